The molecule has 0 fully saturated rings. The van der Waals surface area contributed by atoms with E-state index >= 15 is 0 Å². The summed E-state index contributed by atoms with van der Waals surface area (Å²) in [6.45, 7) is 4.18. The van der Waals surface area contributed by atoms with Crippen molar-refractivity contribution in [2.24, 2.45) is 0 Å². The highest BCUT2D eigenvalue weighted by Crippen LogP contribution is 2.25. The van der Waals surface area contributed by atoms with Gasteiger partial charge < -0.3 is 4.74 Å². The summed E-state index contributed by atoms with van der Waals surface area (Å²) < 4.78 is 5.29. The van der Waals surface area contributed by atoms with Gasteiger partial charge in [0.25, 0.3) is 5.91 Å². The first-order chi connectivity index (χ1) is 9.61. The molecule has 0 bridgehead atoms. The number of benzene rings is 1. The average molecular weight is 271 g/mol. The van der Waals surface area contributed by atoms with Crippen molar-refractivity contribution in [1.82, 2.24) is 9.97 Å². The number of methoxy groups -OCH3 is 1. The molecule has 5 nitrogen and oxygen atoms in total. The van der Waals surface area contributed by atoms with Crippen LogP contribution >= 0.6 is 0 Å². The Morgan fingerprint density at radius 2 is 1.95 bits per heavy atom. The van der Waals surface area contributed by atoms with Gasteiger partial charge in [0.05, 0.1) is 12.7 Å². The number of hydrogen-bond donors (Lipinski definition) is 1. The fourth-order valence-corrected chi connectivity index (χ4v) is 1.79. The highest BCUT2D eigenvalue weighted by molar-refractivity contribution is 6.05. The minimum Gasteiger partial charge on any atom is -0.496 e. The zero-order valence-electron chi connectivity index (χ0n) is 11.8. The Balaban J connectivity index is 2.25. The van der Waals surface area contributed by atoms with Gasteiger partial charge in [-0.2, -0.15) is 0 Å². The van der Waals surface area contributed by atoms with Crippen LogP contribution in [0.15, 0.2) is 36.7 Å². The zero-order chi connectivity index (χ0) is 14.5. The molecule has 0 atom stereocenters. The summed E-state index contributed by atoms with van der Waals surface area (Å²) in [5, 5.41) is 2.64. The number of nitrogens with one attached hydrogen (secondary N) is 1. The Bertz CT molecular complexity index is 597. The number of ether oxygens (including phenoxy) is 1. The molecule has 2 aromatic rings. The van der Waals surface area contributed by atoms with Crippen molar-refractivity contribution in [2.45, 2.75) is 19.8 Å². The van der Waals surface area contributed by atoms with Crippen LogP contribution in [0.2, 0.25) is 0 Å². The summed E-state index contributed by atoms with van der Waals surface area (Å²) in [4.78, 5) is 20.1. The first-order valence-corrected chi connectivity index (χ1v) is 6.38. The van der Waals surface area contributed by atoms with Crippen LogP contribution in [0.25, 0.3) is 0 Å². The van der Waals surface area contributed by atoms with Crippen LogP contribution in [0.1, 0.15) is 35.7 Å². The number of rotatable bonds is 4. The molecule has 5 heteroatoms. The summed E-state index contributed by atoms with van der Waals surface area (Å²) >= 11 is 0. The second-order valence-electron chi connectivity index (χ2n) is 4.64. The van der Waals surface area contributed by atoms with Crippen LogP contribution in [0, 0.1) is 0 Å². The average Bonchev–Trinajstić information content (AvgIpc) is 2.47. The van der Waals surface area contributed by atoms with Crippen molar-refractivity contribution >= 4 is 11.9 Å². The molecule has 20 heavy (non-hydrogen) atoms. The Labute approximate surface area is 118 Å². The summed E-state index contributed by atoms with van der Waals surface area (Å²) in [6.07, 6.45) is 3.14. The van der Waals surface area contributed by atoms with Gasteiger partial charge in [-0.1, -0.05) is 19.9 Å². The highest BCUT2D eigenvalue weighted by atomic mass is 16.5. The number of carbonyl (C=O) groups is 1. The van der Waals surface area contributed by atoms with E-state index in [4.69, 9.17) is 4.74 Å². The molecular formula is C15H17N3O2. The lowest BCUT2D eigenvalue weighted by molar-refractivity contribution is 0.102. The molecule has 104 valence electrons. The Kier molecular flexibility index (Phi) is 4.30. The van der Waals surface area contributed by atoms with E-state index in [0.29, 0.717) is 17.2 Å². The van der Waals surface area contributed by atoms with Crippen molar-refractivity contribution in [3.63, 3.8) is 0 Å². The first-order valence-electron chi connectivity index (χ1n) is 6.38. The second-order valence-corrected chi connectivity index (χ2v) is 4.64. The number of aromatic nitrogens is 2. The molecule has 0 aliphatic rings. The summed E-state index contributed by atoms with van der Waals surface area (Å²) in [6, 6.07) is 7.25. The van der Waals surface area contributed by atoms with Gasteiger partial charge in [-0.15, -0.1) is 0 Å². The molecule has 0 aliphatic heterocycles. The van der Waals surface area contributed by atoms with E-state index in [1.54, 1.807) is 31.6 Å². The maximum Gasteiger partial charge on any atom is 0.261 e. The molecule has 1 heterocycles. The molecule has 0 saturated heterocycles. The van der Waals surface area contributed by atoms with Crippen molar-refractivity contribution < 1.29 is 9.53 Å². The molecule has 0 radical (unpaired) electrons. The van der Waals surface area contributed by atoms with Gasteiger partial charge in [-0.3, -0.25) is 10.1 Å². The van der Waals surface area contributed by atoms with E-state index in [1.807, 2.05) is 12.1 Å². The molecular weight excluding hydrogens is 254 g/mol. The lowest BCUT2D eigenvalue weighted by Gasteiger charge is -2.12. The van der Waals surface area contributed by atoms with Gasteiger partial charge in [-0.05, 0) is 29.7 Å². The Morgan fingerprint density at radius 1 is 1.25 bits per heavy atom. The van der Waals surface area contributed by atoms with Gasteiger partial charge in [0.15, 0.2) is 0 Å². The van der Waals surface area contributed by atoms with Crippen LogP contribution in [-0.4, -0.2) is 23.0 Å². The van der Waals surface area contributed by atoms with Crippen LogP contribution < -0.4 is 10.1 Å². The third-order valence-electron chi connectivity index (χ3n) is 2.93. The number of carbonyl (C=O) groups excluding carboxylic acids is 1. The van der Waals surface area contributed by atoms with Crippen molar-refractivity contribution in [3.8, 4) is 5.75 Å². The van der Waals surface area contributed by atoms with Crippen LogP contribution in [-0.2, 0) is 0 Å². The molecule has 0 saturated carbocycles. The van der Waals surface area contributed by atoms with Gasteiger partial charge in [0.1, 0.15) is 5.75 Å². The number of anilines is 1. The highest BCUT2D eigenvalue weighted by Gasteiger charge is 2.14. The minimum atomic E-state index is -0.289. The molecule has 2 rings (SSSR count). The third kappa shape index (κ3) is 3.12. The summed E-state index contributed by atoms with van der Waals surface area (Å²) in [7, 11) is 1.55. The topological polar surface area (TPSA) is 64.1 Å². The van der Waals surface area contributed by atoms with E-state index in [-0.39, 0.29) is 11.9 Å². The van der Waals surface area contributed by atoms with Gasteiger partial charge in [0, 0.05) is 12.4 Å². The van der Waals surface area contributed by atoms with Gasteiger partial charge in [-0.25, -0.2) is 9.97 Å². The van der Waals surface area contributed by atoms with Crippen LogP contribution in [0.5, 0.6) is 5.75 Å². The zero-order valence-corrected chi connectivity index (χ0v) is 11.8. The van der Waals surface area contributed by atoms with E-state index in [0.717, 1.165) is 5.56 Å². The van der Waals surface area contributed by atoms with Gasteiger partial charge in [0.2, 0.25) is 5.95 Å². The molecule has 0 aliphatic carbocycles. The molecule has 1 aromatic heterocycles. The summed E-state index contributed by atoms with van der Waals surface area (Å²) in [5.41, 5.74) is 1.58. The van der Waals surface area contributed by atoms with E-state index < -0.39 is 0 Å². The Morgan fingerprint density at radius 3 is 2.55 bits per heavy atom. The van der Waals surface area contributed by atoms with Crippen LogP contribution in [0.4, 0.5) is 5.95 Å². The lowest BCUT2D eigenvalue weighted by atomic mass is 10.0. The molecule has 1 amide bonds. The SMILES string of the molecule is COc1cc(C(C)C)ccc1C(=O)Nc1ncccn1. The molecule has 0 spiro atoms. The third-order valence-corrected chi connectivity index (χ3v) is 2.93. The largest absolute Gasteiger partial charge is 0.496 e. The van der Waals surface area contributed by atoms with E-state index in [9.17, 15) is 4.79 Å². The lowest BCUT2D eigenvalue weighted by Crippen LogP contribution is -2.15. The predicted octanol–water partition coefficient (Wildman–Crippen LogP) is 2.86. The summed E-state index contributed by atoms with van der Waals surface area (Å²) in [5.74, 6) is 0.902. The van der Waals surface area contributed by atoms with Crippen LogP contribution in [0.3, 0.4) is 0 Å². The predicted molar refractivity (Wildman–Crippen MR) is 77.1 cm³/mol. The monoisotopic (exact) mass is 271 g/mol. The van der Waals surface area contributed by atoms with E-state index in [1.165, 1.54) is 0 Å². The van der Waals surface area contributed by atoms with Gasteiger partial charge >= 0.3 is 0 Å². The maximum absolute atomic E-state index is 12.2. The van der Waals surface area contributed by atoms with Crippen molar-refractivity contribution in [2.75, 3.05) is 12.4 Å². The van der Waals surface area contributed by atoms with Crippen molar-refractivity contribution in [1.29, 1.82) is 0 Å². The number of amides is 1. The van der Waals surface area contributed by atoms with E-state index in [2.05, 4.69) is 29.1 Å². The molecule has 1 N–H and O–H groups in total. The van der Waals surface area contributed by atoms with Crippen molar-refractivity contribution in [3.05, 3.63) is 47.8 Å². The quantitative estimate of drug-likeness (QED) is 0.928. The second kappa shape index (κ2) is 6.14. The minimum absolute atomic E-state index is 0.271. The maximum atomic E-state index is 12.2. The first kappa shape index (κ1) is 14.0. The standard InChI is InChI=1S/C15H17N3O2/c1-10(2)11-5-6-12(13(9-11)20-3)14(19)18-15-16-7-4-8-17-15/h4-10H,1-3H3,(H,16,17,18,19). The number of hydrogen-bond acceptors (Lipinski definition) is 4. The Hall–Kier alpha value is -2.43. The smallest absolute Gasteiger partial charge is 0.261 e. The molecule has 0 unspecified atom stereocenters. The fraction of sp³-hybridized carbons (Fsp3) is 0.267. The number of nitrogens with zero attached hydrogens (tertiary/aromatic N) is 2. The normalized spacial score (nSPS) is 10.4. The molecule has 1 aromatic carbocycles. The fourth-order valence-electron chi connectivity index (χ4n) is 1.79.